The maximum Gasteiger partial charge on any atom is 0.303 e. The van der Waals surface area contributed by atoms with Crippen LogP contribution in [0, 0.1) is 0 Å². The van der Waals surface area contributed by atoms with Crippen molar-refractivity contribution in [1.82, 2.24) is 4.90 Å². The average molecular weight is 568 g/mol. The van der Waals surface area contributed by atoms with Crippen molar-refractivity contribution in [1.29, 1.82) is 0 Å². The molecule has 0 unspecified atom stereocenters. The number of ether oxygens (including phenoxy) is 2. The highest BCUT2D eigenvalue weighted by molar-refractivity contribution is 7.22. The monoisotopic (exact) mass is 567 g/mol. The Morgan fingerprint density at radius 2 is 1.56 bits per heavy atom. The van der Waals surface area contributed by atoms with Gasteiger partial charge in [0.15, 0.2) is 0 Å². The van der Waals surface area contributed by atoms with Crippen LogP contribution in [-0.2, 0) is 11.2 Å². The molecule has 2 heterocycles. The summed E-state index contributed by atoms with van der Waals surface area (Å²) < 4.78 is 12.7. The van der Waals surface area contributed by atoms with Gasteiger partial charge in [0.05, 0.1) is 6.61 Å². The van der Waals surface area contributed by atoms with Gasteiger partial charge < -0.3 is 19.7 Å². The number of halogens is 1. The van der Waals surface area contributed by atoms with E-state index in [0.29, 0.717) is 19.6 Å². The van der Waals surface area contributed by atoms with E-state index < -0.39 is 5.97 Å². The van der Waals surface area contributed by atoms with Crippen LogP contribution in [0.15, 0.2) is 66.7 Å². The van der Waals surface area contributed by atoms with E-state index in [1.165, 1.54) is 37.1 Å². The Bertz CT molecular complexity index is 1360. The van der Waals surface area contributed by atoms with Gasteiger partial charge in [-0.05, 0) is 115 Å². The van der Waals surface area contributed by atoms with Gasteiger partial charge in [-0.1, -0.05) is 12.1 Å². The first-order valence-corrected chi connectivity index (χ1v) is 14.0. The quantitative estimate of drug-likeness (QED) is 0.179. The summed E-state index contributed by atoms with van der Waals surface area (Å²) in [5, 5.41) is 20.0. The number of carboxylic acid groups (broad SMARTS) is 1. The van der Waals surface area contributed by atoms with Gasteiger partial charge >= 0.3 is 5.97 Å². The Labute approximate surface area is 239 Å². The molecule has 0 radical (unpaired) electrons. The zero-order valence-electron chi connectivity index (χ0n) is 21.8. The topological polar surface area (TPSA) is 79.2 Å². The maximum absolute atomic E-state index is 10.7. The van der Waals surface area contributed by atoms with Crippen LogP contribution < -0.4 is 9.47 Å². The summed E-state index contributed by atoms with van der Waals surface area (Å²) in [5.74, 6) is 1.07. The number of aliphatic carboxylic acids is 1. The molecule has 0 spiro atoms. The van der Waals surface area contributed by atoms with Crippen LogP contribution in [0.5, 0.6) is 17.2 Å². The molecule has 3 aromatic carbocycles. The van der Waals surface area contributed by atoms with Crippen LogP contribution in [0.1, 0.15) is 36.8 Å². The molecular weight excluding hydrogens is 534 g/mol. The van der Waals surface area contributed by atoms with Crippen LogP contribution in [-0.4, -0.2) is 53.9 Å². The molecule has 0 bridgehead atoms. The minimum absolute atomic E-state index is 0. The number of aromatic hydroxyl groups is 1. The number of benzene rings is 3. The summed E-state index contributed by atoms with van der Waals surface area (Å²) in [5.41, 5.74) is 3.51. The lowest BCUT2D eigenvalue weighted by molar-refractivity contribution is -0.137. The second-order valence-corrected chi connectivity index (χ2v) is 10.7. The van der Waals surface area contributed by atoms with E-state index in [0.717, 1.165) is 45.0 Å². The van der Waals surface area contributed by atoms with E-state index in [2.05, 4.69) is 29.2 Å². The molecular formula is C31H34ClNO5S. The number of fused-ring (bicyclic) bond motifs is 1. The summed E-state index contributed by atoms with van der Waals surface area (Å²) in [6.07, 6.45) is 3.92. The molecule has 0 amide bonds. The number of phenolic OH excluding ortho intramolecular Hbond substituents is 1. The molecule has 1 aliphatic rings. The predicted octanol–water partition coefficient (Wildman–Crippen LogP) is 7.00. The fourth-order valence-corrected chi connectivity index (χ4v) is 6.13. The third kappa shape index (κ3) is 7.66. The first-order chi connectivity index (χ1) is 18.5. The van der Waals surface area contributed by atoms with Crippen LogP contribution in [0.3, 0.4) is 0 Å². The number of carbonyl (C=O) groups is 1. The Morgan fingerprint density at radius 3 is 2.26 bits per heavy atom. The fourth-order valence-electron chi connectivity index (χ4n) is 4.87. The number of rotatable bonds is 12. The molecule has 1 fully saturated rings. The first kappa shape index (κ1) is 28.7. The van der Waals surface area contributed by atoms with Gasteiger partial charge in [-0.15, -0.1) is 23.7 Å². The second kappa shape index (κ2) is 13.7. The van der Waals surface area contributed by atoms with Crippen LogP contribution >= 0.6 is 23.7 Å². The van der Waals surface area contributed by atoms with E-state index in [9.17, 15) is 9.90 Å². The summed E-state index contributed by atoms with van der Waals surface area (Å²) in [7, 11) is 0. The highest BCUT2D eigenvalue weighted by atomic mass is 35.5. The Hall–Kier alpha value is -3.26. The van der Waals surface area contributed by atoms with Crippen LogP contribution in [0.25, 0.3) is 20.5 Å². The third-order valence-electron chi connectivity index (χ3n) is 6.88. The highest BCUT2D eigenvalue weighted by Crippen LogP contribution is 2.41. The fraction of sp³-hybridized carbons (Fsp3) is 0.323. The number of hydrogen-bond donors (Lipinski definition) is 2. The lowest BCUT2D eigenvalue weighted by Crippen LogP contribution is -2.25. The zero-order chi connectivity index (χ0) is 26.3. The number of phenols is 1. The van der Waals surface area contributed by atoms with Crippen molar-refractivity contribution in [3.8, 4) is 27.7 Å². The van der Waals surface area contributed by atoms with Gasteiger partial charge in [0.2, 0.25) is 0 Å². The van der Waals surface area contributed by atoms with E-state index in [1.54, 1.807) is 17.4 Å². The SMILES string of the molecule is Cl.O=C(O)CCCOc1ccc(-c2sc3cc(O)ccc3c2Cc2ccc(OCCN3CCCC3)cc2)cc1. The van der Waals surface area contributed by atoms with Gasteiger partial charge in [-0.3, -0.25) is 9.69 Å². The van der Waals surface area contributed by atoms with Crippen molar-refractivity contribution >= 4 is 39.8 Å². The molecule has 0 aliphatic carbocycles. The maximum atomic E-state index is 10.7. The van der Waals surface area contributed by atoms with Gasteiger partial charge in [-0.25, -0.2) is 0 Å². The van der Waals surface area contributed by atoms with Gasteiger partial charge in [0, 0.05) is 22.5 Å². The zero-order valence-corrected chi connectivity index (χ0v) is 23.4. The lowest BCUT2D eigenvalue weighted by Gasteiger charge is -2.15. The predicted molar refractivity (Wildman–Crippen MR) is 159 cm³/mol. The summed E-state index contributed by atoms with van der Waals surface area (Å²) >= 11 is 1.67. The Balaban J connectivity index is 0.00000353. The van der Waals surface area contributed by atoms with Crippen molar-refractivity contribution < 1.29 is 24.5 Å². The number of carboxylic acids is 1. The van der Waals surface area contributed by atoms with Crippen molar-refractivity contribution in [3.05, 3.63) is 77.9 Å². The molecule has 0 saturated carbocycles. The molecule has 1 aromatic heterocycles. The van der Waals surface area contributed by atoms with Crippen LogP contribution in [0.4, 0.5) is 0 Å². The summed E-state index contributed by atoms with van der Waals surface area (Å²) in [6, 6.07) is 21.9. The number of nitrogens with zero attached hydrogens (tertiary/aromatic N) is 1. The second-order valence-electron chi connectivity index (χ2n) is 9.68. The Morgan fingerprint density at radius 1 is 0.897 bits per heavy atom. The van der Waals surface area contributed by atoms with E-state index in [1.807, 2.05) is 36.4 Å². The summed E-state index contributed by atoms with van der Waals surface area (Å²) in [6.45, 7) is 4.42. The average Bonchev–Trinajstić information content (AvgIpc) is 3.56. The van der Waals surface area contributed by atoms with E-state index >= 15 is 0 Å². The van der Waals surface area contributed by atoms with Crippen LogP contribution in [0.2, 0.25) is 0 Å². The molecule has 0 atom stereocenters. The molecule has 1 aliphatic heterocycles. The molecule has 39 heavy (non-hydrogen) atoms. The lowest BCUT2D eigenvalue weighted by atomic mass is 9.99. The smallest absolute Gasteiger partial charge is 0.303 e. The van der Waals surface area contributed by atoms with Gasteiger partial charge in [0.1, 0.15) is 23.9 Å². The molecule has 6 nitrogen and oxygen atoms in total. The van der Waals surface area contributed by atoms with Gasteiger partial charge in [0.25, 0.3) is 0 Å². The first-order valence-electron chi connectivity index (χ1n) is 13.2. The molecule has 2 N–H and O–H groups in total. The number of thiophene rings is 1. The summed E-state index contributed by atoms with van der Waals surface area (Å²) in [4.78, 5) is 14.3. The number of hydrogen-bond acceptors (Lipinski definition) is 6. The molecule has 1 saturated heterocycles. The van der Waals surface area contributed by atoms with Crippen molar-refractivity contribution in [2.45, 2.75) is 32.1 Å². The van der Waals surface area contributed by atoms with Crippen molar-refractivity contribution in [3.63, 3.8) is 0 Å². The largest absolute Gasteiger partial charge is 0.508 e. The highest BCUT2D eigenvalue weighted by Gasteiger charge is 2.16. The minimum Gasteiger partial charge on any atom is -0.508 e. The van der Waals surface area contributed by atoms with E-state index in [4.69, 9.17) is 14.6 Å². The third-order valence-corrected chi connectivity index (χ3v) is 8.12. The van der Waals surface area contributed by atoms with Crippen molar-refractivity contribution in [2.75, 3.05) is 32.8 Å². The number of likely N-dealkylation sites (tertiary alicyclic amines) is 1. The molecule has 206 valence electrons. The Kier molecular flexibility index (Phi) is 10.1. The van der Waals surface area contributed by atoms with Crippen molar-refractivity contribution in [2.24, 2.45) is 0 Å². The molecule has 4 aromatic rings. The van der Waals surface area contributed by atoms with E-state index in [-0.39, 0.29) is 24.6 Å². The minimum atomic E-state index is -0.813. The molecule has 5 rings (SSSR count). The standard InChI is InChI=1S/C31H33NO5S.ClH/c33-24-9-14-27-28(20-22-5-10-25(11-6-22)37-19-17-32-15-1-2-16-32)31(38-29(27)21-24)23-7-12-26(13-8-23)36-18-3-4-30(34)35;/h5-14,21,33H,1-4,15-20H2,(H,34,35);1H. The van der Waals surface area contributed by atoms with Gasteiger partial charge in [-0.2, -0.15) is 0 Å². The molecule has 8 heteroatoms. The normalized spacial score (nSPS) is 13.3.